The van der Waals surface area contributed by atoms with Crippen LogP contribution in [0.25, 0.3) is 0 Å². The zero-order chi connectivity index (χ0) is 16.8. The molecule has 1 aromatic heterocycles. The Kier molecular flexibility index (Phi) is 5.77. The number of nitrogens with zero attached hydrogens (tertiary/aromatic N) is 6. The van der Waals surface area contributed by atoms with Crippen molar-refractivity contribution >= 4 is 5.69 Å². The van der Waals surface area contributed by atoms with Gasteiger partial charge in [-0.25, -0.2) is 4.68 Å². The highest BCUT2D eigenvalue weighted by Crippen LogP contribution is 2.25. The minimum atomic E-state index is 0.259. The summed E-state index contributed by atoms with van der Waals surface area (Å²) in [4.78, 5) is 4.94. The average molecular weight is 330 g/mol. The minimum Gasteiger partial charge on any atom is -0.383 e. The van der Waals surface area contributed by atoms with Crippen LogP contribution in [-0.2, 0) is 11.3 Å². The smallest absolute Gasteiger partial charge is 0.168 e. The number of para-hydroxylation sites is 1. The number of ether oxygens (including phenoxy) is 1. The number of rotatable bonds is 7. The summed E-state index contributed by atoms with van der Waals surface area (Å²) in [6.45, 7) is 7.61. The molecule has 7 heteroatoms. The van der Waals surface area contributed by atoms with Crippen molar-refractivity contribution in [3.05, 3.63) is 36.2 Å². The third-order valence-electron chi connectivity index (χ3n) is 4.63. The summed E-state index contributed by atoms with van der Waals surface area (Å²) in [6.07, 6.45) is 0.999. The number of aromatic nitrogens is 4. The molecular weight excluding hydrogens is 304 g/mol. The molecule has 0 bridgehead atoms. The molecule has 1 aromatic carbocycles. The molecule has 1 fully saturated rings. The van der Waals surface area contributed by atoms with Gasteiger partial charge in [0, 0.05) is 39.0 Å². The van der Waals surface area contributed by atoms with E-state index in [1.165, 1.54) is 5.69 Å². The molecule has 24 heavy (non-hydrogen) atoms. The Balaban J connectivity index is 1.65. The van der Waals surface area contributed by atoms with E-state index in [0.717, 1.165) is 38.4 Å². The van der Waals surface area contributed by atoms with Crippen LogP contribution in [0.15, 0.2) is 30.3 Å². The molecule has 2 aromatic rings. The number of benzene rings is 1. The van der Waals surface area contributed by atoms with Crippen LogP contribution in [0.1, 0.15) is 25.2 Å². The largest absolute Gasteiger partial charge is 0.383 e. The van der Waals surface area contributed by atoms with E-state index in [2.05, 4.69) is 62.6 Å². The SMILES string of the molecule is CC[C@H](c1nnnn1CCOC)N1CCN(c2ccccc2)CC1. The van der Waals surface area contributed by atoms with Gasteiger partial charge >= 0.3 is 0 Å². The number of piperazine rings is 1. The molecule has 0 radical (unpaired) electrons. The number of anilines is 1. The van der Waals surface area contributed by atoms with Crippen LogP contribution in [0.2, 0.25) is 0 Å². The molecule has 1 saturated heterocycles. The van der Waals surface area contributed by atoms with Crippen LogP contribution < -0.4 is 4.90 Å². The lowest BCUT2D eigenvalue weighted by molar-refractivity contribution is 0.157. The molecule has 1 atom stereocenters. The Morgan fingerprint density at radius 3 is 2.54 bits per heavy atom. The van der Waals surface area contributed by atoms with E-state index in [-0.39, 0.29) is 6.04 Å². The first kappa shape index (κ1) is 16.9. The molecule has 2 heterocycles. The Labute approximate surface area is 143 Å². The summed E-state index contributed by atoms with van der Waals surface area (Å²) in [7, 11) is 1.70. The fraction of sp³-hybridized carbons (Fsp3) is 0.588. The fourth-order valence-corrected chi connectivity index (χ4v) is 3.32. The summed E-state index contributed by atoms with van der Waals surface area (Å²) in [6, 6.07) is 10.9. The Morgan fingerprint density at radius 2 is 1.88 bits per heavy atom. The van der Waals surface area contributed by atoms with Gasteiger partial charge in [0.1, 0.15) is 0 Å². The zero-order valence-electron chi connectivity index (χ0n) is 14.5. The van der Waals surface area contributed by atoms with Crippen molar-refractivity contribution in [1.82, 2.24) is 25.1 Å². The van der Waals surface area contributed by atoms with Crippen molar-refractivity contribution in [2.24, 2.45) is 0 Å². The molecule has 130 valence electrons. The lowest BCUT2D eigenvalue weighted by atomic mass is 10.1. The maximum atomic E-state index is 5.16. The van der Waals surface area contributed by atoms with Gasteiger partial charge in [-0.05, 0) is 29.0 Å². The summed E-state index contributed by atoms with van der Waals surface area (Å²) in [5.41, 5.74) is 1.30. The van der Waals surface area contributed by atoms with Crippen LogP contribution in [0.5, 0.6) is 0 Å². The van der Waals surface area contributed by atoms with E-state index < -0.39 is 0 Å². The van der Waals surface area contributed by atoms with Crippen molar-refractivity contribution in [2.45, 2.75) is 25.9 Å². The number of methoxy groups -OCH3 is 1. The van der Waals surface area contributed by atoms with Gasteiger partial charge in [-0.1, -0.05) is 25.1 Å². The number of hydrogen-bond donors (Lipinski definition) is 0. The molecule has 0 unspecified atom stereocenters. The lowest BCUT2D eigenvalue weighted by Crippen LogP contribution is -2.48. The molecule has 0 N–H and O–H groups in total. The van der Waals surface area contributed by atoms with Crippen molar-refractivity contribution in [3.63, 3.8) is 0 Å². The average Bonchev–Trinajstić information content (AvgIpc) is 3.10. The van der Waals surface area contributed by atoms with Gasteiger partial charge in [-0.3, -0.25) is 4.90 Å². The minimum absolute atomic E-state index is 0.259. The molecule has 3 rings (SSSR count). The molecular formula is C17H26N6O. The number of hydrogen-bond acceptors (Lipinski definition) is 6. The fourth-order valence-electron chi connectivity index (χ4n) is 3.32. The van der Waals surface area contributed by atoms with Crippen molar-refractivity contribution in [2.75, 3.05) is 44.8 Å². The van der Waals surface area contributed by atoms with E-state index in [0.29, 0.717) is 13.2 Å². The summed E-state index contributed by atoms with van der Waals surface area (Å²) < 4.78 is 7.03. The molecule has 0 amide bonds. The summed E-state index contributed by atoms with van der Waals surface area (Å²) in [5.74, 6) is 0.947. The highest BCUT2D eigenvalue weighted by atomic mass is 16.5. The van der Waals surface area contributed by atoms with Gasteiger partial charge in [-0.15, -0.1) is 5.10 Å². The second-order valence-electron chi connectivity index (χ2n) is 6.04. The molecule has 0 spiro atoms. The summed E-state index contributed by atoms with van der Waals surface area (Å²) >= 11 is 0. The lowest BCUT2D eigenvalue weighted by Gasteiger charge is -2.39. The van der Waals surface area contributed by atoms with E-state index >= 15 is 0 Å². The predicted molar refractivity (Wildman–Crippen MR) is 93.0 cm³/mol. The predicted octanol–water partition coefficient (Wildman–Crippen LogP) is 1.59. The van der Waals surface area contributed by atoms with Gasteiger partial charge in [0.25, 0.3) is 0 Å². The van der Waals surface area contributed by atoms with Gasteiger partial charge < -0.3 is 9.64 Å². The first-order chi connectivity index (χ1) is 11.8. The van der Waals surface area contributed by atoms with Crippen LogP contribution in [0.4, 0.5) is 5.69 Å². The summed E-state index contributed by atoms with van der Waals surface area (Å²) in [5, 5.41) is 12.3. The van der Waals surface area contributed by atoms with Crippen LogP contribution in [0.3, 0.4) is 0 Å². The molecule has 1 aliphatic rings. The number of tetrazole rings is 1. The normalized spacial score (nSPS) is 17.2. The van der Waals surface area contributed by atoms with Crippen LogP contribution in [-0.4, -0.2) is 65.0 Å². The second kappa shape index (κ2) is 8.21. The molecule has 0 aliphatic carbocycles. The Bertz CT molecular complexity index is 609. The second-order valence-corrected chi connectivity index (χ2v) is 6.04. The highest BCUT2D eigenvalue weighted by molar-refractivity contribution is 5.46. The van der Waals surface area contributed by atoms with Crippen LogP contribution >= 0.6 is 0 Å². The van der Waals surface area contributed by atoms with Crippen molar-refractivity contribution in [3.8, 4) is 0 Å². The van der Waals surface area contributed by atoms with Crippen molar-refractivity contribution in [1.29, 1.82) is 0 Å². The zero-order valence-corrected chi connectivity index (χ0v) is 14.5. The molecule has 0 saturated carbocycles. The quantitative estimate of drug-likeness (QED) is 0.768. The third-order valence-corrected chi connectivity index (χ3v) is 4.63. The molecule has 7 nitrogen and oxygen atoms in total. The van der Waals surface area contributed by atoms with Gasteiger partial charge in [0.05, 0.1) is 19.2 Å². The first-order valence-corrected chi connectivity index (χ1v) is 8.62. The highest BCUT2D eigenvalue weighted by Gasteiger charge is 2.27. The standard InChI is InChI=1S/C17H26N6O/c1-3-16(17-18-19-20-23(17)13-14-24-2)22-11-9-21(10-12-22)15-7-5-4-6-8-15/h4-8,16H,3,9-14H2,1-2H3/t16-/m1/s1. The first-order valence-electron chi connectivity index (χ1n) is 8.62. The Morgan fingerprint density at radius 1 is 1.12 bits per heavy atom. The van der Waals surface area contributed by atoms with E-state index in [9.17, 15) is 0 Å². The van der Waals surface area contributed by atoms with Gasteiger partial charge in [0.2, 0.25) is 0 Å². The van der Waals surface area contributed by atoms with E-state index in [1.807, 2.05) is 4.68 Å². The maximum Gasteiger partial charge on any atom is 0.168 e. The van der Waals surface area contributed by atoms with Crippen molar-refractivity contribution < 1.29 is 4.74 Å². The van der Waals surface area contributed by atoms with E-state index in [1.54, 1.807) is 7.11 Å². The van der Waals surface area contributed by atoms with Gasteiger partial charge in [0.15, 0.2) is 5.82 Å². The van der Waals surface area contributed by atoms with Gasteiger partial charge in [-0.2, -0.15) is 0 Å². The third kappa shape index (κ3) is 3.73. The Hall–Kier alpha value is -1.99. The maximum absolute atomic E-state index is 5.16. The van der Waals surface area contributed by atoms with Crippen LogP contribution in [0, 0.1) is 0 Å². The topological polar surface area (TPSA) is 59.3 Å². The van der Waals surface area contributed by atoms with E-state index in [4.69, 9.17) is 4.74 Å². The molecule has 1 aliphatic heterocycles. The monoisotopic (exact) mass is 330 g/mol.